The number of ketones is 1. The maximum atomic E-state index is 10.9. The van der Waals surface area contributed by atoms with E-state index in [-0.39, 0.29) is 5.78 Å². The van der Waals surface area contributed by atoms with Gasteiger partial charge in [-0.2, -0.15) is 0 Å². The molecular weight excluding hydrogens is 136 g/mol. The molecule has 0 rings (SSSR count). The number of carbonyl (C=O) groups excluding carboxylic acids is 1. The zero-order valence-corrected chi connectivity index (χ0v) is 7.55. The Kier molecular flexibility index (Phi) is 5.44. The summed E-state index contributed by atoms with van der Waals surface area (Å²) >= 11 is 0. The Morgan fingerprint density at radius 1 is 1.27 bits per heavy atom. The molecular formula is C10H16O. The number of hydrogen-bond acceptors (Lipinski definition) is 1. The number of allylic oxidation sites excluding steroid dienone is 4. The SMILES string of the molecule is C/C=C/C(=C\C(=O)CC)CC. The molecule has 11 heavy (non-hydrogen) atoms. The second kappa shape index (κ2) is 5.90. The second-order valence-electron chi connectivity index (χ2n) is 2.39. The third kappa shape index (κ3) is 4.54. The van der Waals surface area contributed by atoms with E-state index in [0.29, 0.717) is 6.42 Å². The minimum absolute atomic E-state index is 0.208. The molecule has 0 bridgehead atoms. The molecule has 0 atom stereocenters. The molecule has 0 heterocycles. The molecule has 0 aromatic rings. The summed E-state index contributed by atoms with van der Waals surface area (Å²) in [5.41, 5.74) is 1.11. The van der Waals surface area contributed by atoms with E-state index < -0.39 is 0 Å². The monoisotopic (exact) mass is 152 g/mol. The van der Waals surface area contributed by atoms with E-state index in [4.69, 9.17) is 0 Å². The summed E-state index contributed by atoms with van der Waals surface area (Å²) in [6, 6.07) is 0. The first-order valence-corrected chi connectivity index (χ1v) is 4.10. The van der Waals surface area contributed by atoms with Gasteiger partial charge in [0.05, 0.1) is 0 Å². The van der Waals surface area contributed by atoms with Gasteiger partial charge in [0.25, 0.3) is 0 Å². The van der Waals surface area contributed by atoms with Crippen molar-refractivity contribution in [2.75, 3.05) is 0 Å². The van der Waals surface area contributed by atoms with Crippen molar-refractivity contribution in [2.24, 2.45) is 0 Å². The van der Waals surface area contributed by atoms with Crippen molar-refractivity contribution in [3.05, 3.63) is 23.8 Å². The average molecular weight is 152 g/mol. The van der Waals surface area contributed by atoms with Crippen molar-refractivity contribution >= 4 is 5.78 Å². The molecule has 1 nitrogen and oxygen atoms in total. The first kappa shape index (κ1) is 10.2. The van der Waals surface area contributed by atoms with Gasteiger partial charge in [0.1, 0.15) is 0 Å². The van der Waals surface area contributed by atoms with Crippen LogP contribution in [0.25, 0.3) is 0 Å². The van der Waals surface area contributed by atoms with E-state index in [1.807, 2.05) is 26.0 Å². The van der Waals surface area contributed by atoms with Gasteiger partial charge in [0.15, 0.2) is 5.78 Å². The van der Waals surface area contributed by atoms with Crippen LogP contribution in [0.2, 0.25) is 0 Å². The van der Waals surface area contributed by atoms with Crippen LogP contribution in [0.4, 0.5) is 0 Å². The normalized spacial score (nSPS) is 12.5. The molecule has 0 aliphatic carbocycles. The Labute approximate surface area is 68.8 Å². The number of hydrogen-bond donors (Lipinski definition) is 0. The number of rotatable bonds is 4. The van der Waals surface area contributed by atoms with Gasteiger partial charge in [-0.25, -0.2) is 0 Å². The summed E-state index contributed by atoms with van der Waals surface area (Å²) in [6.45, 7) is 5.89. The van der Waals surface area contributed by atoms with Gasteiger partial charge in [-0.05, 0) is 25.0 Å². The highest BCUT2D eigenvalue weighted by molar-refractivity contribution is 5.90. The summed E-state index contributed by atoms with van der Waals surface area (Å²) < 4.78 is 0. The van der Waals surface area contributed by atoms with E-state index in [9.17, 15) is 4.79 Å². The lowest BCUT2D eigenvalue weighted by Crippen LogP contribution is -1.90. The minimum Gasteiger partial charge on any atom is -0.295 e. The van der Waals surface area contributed by atoms with Crippen LogP contribution in [0.3, 0.4) is 0 Å². The molecule has 0 aromatic heterocycles. The Morgan fingerprint density at radius 3 is 2.27 bits per heavy atom. The van der Waals surface area contributed by atoms with E-state index >= 15 is 0 Å². The lowest BCUT2D eigenvalue weighted by molar-refractivity contribution is -0.114. The van der Waals surface area contributed by atoms with Crippen LogP contribution >= 0.6 is 0 Å². The Hall–Kier alpha value is -0.850. The summed E-state index contributed by atoms with van der Waals surface area (Å²) in [6.07, 6.45) is 7.18. The molecule has 0 N–H and O–H groups in total. The summed E-state index contributed by atoms with van der Waals surface area (Å²) in [4.78, 5) is 10.9. The van der Waals surface area contributed by atoms with Gasteiger partial charge in [-0.15, -0.1) is 0 Å². The smallest absolute Gasteiger partial charge is 0.155 e. The Balaban J connectivity index is 4.22. The largest absolute Gasteiger partial charge is 0.295 e. The maximum absolute atomic E-state index is 10.9. The Bertz CT molecular complexity index is 175. The fourth-order valence-corrected chi connectivity index (χ4v) is 0.791. The lowest BCUT2D eigenvalue weighted by atomic mass is 10.1. The molecule has 1 heteroatoms. The van der Waals surface area contributed by atoms with Crippen LogP contribution < -0.4 is 0 Å². The van der Waals surface area contributed by atoms with Crippen molar-refractivity contribution in [1.29, 1.82) is 0 Å². The number of carbonyl (C=O) groups is 1. The minimum atomic E-state index is 0.208. The van der Waals surface area contributed by atoms with Gasteiger partial charge < -0.3 is 0 Å². The first-order valence-electron chi connectivity index (χ1n) is 4.10. The van der Waals surface area contributed by atoms with Crippen LogP contribution in [0.1, 0.15) is 33.6 Å². The predicted octanol–water partition coefficient (Wildman–Crippen LogP) is 2.88. The van der Waals surface area contributed by atoms with E-state index in [2.05, 4.69) is 6.92 Å². The molecule has 0 saturated heterocycles. The van der Waals surface area contributed by atoms with Crippen LogP contribution in [-0.4, -0.2) is 5.78 Å². The predicted molar refractivity (Wildman–Crippen MR) is 48.5 cm³/mol. The third-order valence-corrected chi connectivity index (χ3v) is 1.48. The standard InChI is InChI=1S/C10H16O/c1-4-7-9(5-2)8-10(11)6-3/h4,7-8H,5-6H2,1-3H3/b7-4+,9-8-. The van der Waals surface area contributed by atoms with Gasteiger partial charge in [-0.3, -0.25) is 4.79 Å². The van der Waals surface area contributed by atoms with E-state index in [1.165, 1.54) is 0 Å². The molecule has 0 aliphatic rings. The highest BCUT2D eigenvalue weighted by Gasteiger charge is 1.93. The van der Waals surface area contributed by atoms with Gasteiger partial charge >= 0.3 is 0 Å². The topological polar surface area (TPSA) is 17.1 Å². The van der Waals surface area contributed by atoms with Crippen molar-refractivity contribution in [3.8, 4) is 0 Å². The summed E-state index contributed by atoms with van der Waals surface area (Å²) in [5, 5.41) is 0. The van der Waals surface area contributed by atoms with Gasteiger partial charge in [0.2, 0.25) is 0 Å². The zero-order valence-electron chi connectivity index (χ0n) is 7.55. The zero-order chi connectivity index (χ0) is 8.69. The molecule has 0 fully saturated rings. The van der Waals surface area contributed by atoms with E-state index in [1.54, 1.807) is 6.08 Å². The molecule has 0 radical (unpaired) electrons. The summed E-state index contributed by atoms with van der Waals surface area (Å²) in [5.74, 6) is 0.208. The molecule has 62 valence electrons. The quantitative estimate of drug-likeness (QED) is 0.447. The molecule has 0 aromatic carbocycles. The van der Waals surface area contributed by atoms with Crippen molar-refractivity contribution in [2.45, 2.75) is 33.6 Å². The van der Waals surface area contributed by atoms with Crippen molar-refractivity contribution in [3.63, 3.8) is 0 Å². The van der Waals surface area contributed by atoms with Crippen LogP contribution in [0.5, 0.6) is 0 Å². The van der Waals surface area contributed by atoms with E-state index in [0.717, 1.165) is 12.0 Å². The average Bonchev–Trinajstić information content (AvgIpc) is 2.03. The fraction of sp³-hybridized carbons (Fsp3) is 0.500. The van der Waals surface area contributed by atoms with Gasteiger partial charge in [-0.1, -0.05) is 26.0 Å². The lowest BCUT2D eigenvalue weighted by Gasteiger charge is -1.94. The second-order valence-corrected chi connectivity index (χ2v) is 2.39. The van der Waals surface area contributed by atoms with Crippen LogP contribution in [0.15, 0.2) is 23.8 Å². The molecule has 0 saturated carbocycles. The van der Waals surface area contributed by atoms with Crippen LogP contribution in [-0.2, 0) is 4.79 Å². The highest BCUT2D eigenvalue weighted by Crippen LogP contribution is 2.03. The molecule has 0 spiro atoms. The molecule has 0 unspecified atom stereocenters. The Morgan fingerprint density at radius 2 is 1.91 bits per heavy atom. The van der Waals surface area contributed by atoms with Gasteiger partial charge in [0, 0.05) is 6.42 Å². The highest BCUT2D eigenvalue weighted by atomic mass is 16.1. The fourth-order valence-electron chi connectivity index (χ4n) is 0.791. The maximum Gasteiger partial charge on any atom is 0.155 e. The molecule has 0 amide bonds. The van der Waals surface area contributed by atoms with Crippen molar-refractivity contribution in [1.82, 2.24) is 0 Å². The molecule has 0 aliphatic heterocycles. The van der Waals surface area contributed by atoms with Crippen molar-refractivity contribution < 1.29 is 4.79 Å². The first-order chi connectivity index (χ1) is 5.24. The summed E-state index contributed by atoms with van der Waals surface area (Å²) in [7, 11) is 0. The third-order valence-electron chi connectivity index (χ3n) is 1.48. The van der Waals surface area contributed by atoms with Crippen LogP contribution in [0, 0.1) is 0 Å².